The van der Waals surface area contributed by atoms with Crippen LogP contribution >= 0.6 is 31.9 Å². The van der Waals surface area contributed by atoms with Crippen LogP contribution in [0.4, 0.5) is 0 Å². The Labute approximate surface area is 157 Å². The molecule has 7 nitrogen and oxygen atoms in total. The van der Waals surface area contributed by atoms with Crippen LogP contribution < -0.4 is 11.1 Å². The molecule has 9 heteroatoms. The fraction of sp³-hybridized carbons (Fsp3) is 0.667. The number of nitrogens with zero attached hydrogens (tertiary/aromatic N) is 3. The van der Waals surface area contributed by atoms with Crippen LogP contribution in [0.2, 0.25) is 0 Å². The van der Waals surface area contributed by atoms with Crippen LogP contribution in [0, 0.1) is 16.0 Å². The second kappa shape index (κ2) is 6.51. The molecule has 2 atom stereocenters. The molecule has 2 unspecified atom stereocenters. The lowest BCUT2D eigenvalue weighted by atomic mass is 9.93. The molecular formula is C15H21Br2N5O2. The molecule has 0 radical (unpaired) electrons. The monoisotopic (exact) mass is 461 g/mol. The Morgan fingerprint density at radius 3 is 2.62 bits per heavy atom. The van der Waals surface area contributed by atoms with Gasteiger partial charge in [0.05, 0.1) is 10.6 Å². The van der Waals surface area contributed by atoms with Gasteiger partial charge >= 0.3 is 5.66 Å². The molecule has 24 heavy (non-hydrogen) atoms. The SMILES string of the molecule is CC(C)N1C2=CC(Br)=C(Br)C(N)([N+](=O)[O-])C2=NC1C1CCNCC1. The highest BCUT2D eigenvalue weighted by Gasteiger charge is 2.57. The summed E-state index contributed by atoms with van der Waals surface area (Å²) in [4.78, 5) is 18.3. The summed E-state index contributed by atoms with van der Waals surface area (Å²) in [5.41, 5.74) is 5.48. The predicted molar refractivity (Wildman–Crippen MR) is 101 cm³/mol. The van der Waals surface area contributed by atoms with Crippen molar-refractivity contribution in [1.82, 2.24) is 10.2 Å². The molecule has 0 aromatic rings. The first kappa shape index (κ1) is 18.0. The summed E-state index contributed by atoms with van der Waals surface area (Å²) in [5.74, 6) is 0.362. The van der Waals surface area contributed by atoms with Crippen molar-refractivity contribution in [3.05, 3.63) is 30.9 Å². The maximum absolute atomic E-state index is 11.8. The number of aliphatic imine (C=N–C) groups is 1. The average Bonchev–Trinajstić information content (AvgIpc) is 2.93. The first-order valence-corrected chi connectivity index (χ1v) is 9.65. The Morgan fingerprint density at radius 1 is 1.46 bits per heavy atom. The third-order valence-electron chi connectivity index (χ3n) is 4.89. The summed E-state index contributed by atoms with van der Waals surface area (Å²) in [6, 6.07) is 0.172. The van der Waals surface area contributed by atoms with Crippen molar-refractivity contribution in [2.24, 2.45) is 16.6 Å². The highest BCUT2D eigenvalue weighted by atomic mass is 79.9. The van der Waals surface area contributed by atoms with Crippen LogP contribution in [0.1, 0.15) is 26.7 Å². The molecule has 0 saturated carbocycles. The molecule has 1 saturated heterocycles. The van der Waals surface area contributed by atoms with Gasteiger partial charge in [-0.1, -0.05) is 0 Å². The number of nitrogens with two attached hydrogens (primary N) is 1. The zero-order valence-electron chi connectivity index (χ0n) is 13.6. The zero-order valence-corrected chi connectivity index (χ0v) is 16.8. The lowest BCUT2D eigenvalue weighted by Gasteiger charge is -2.37. The van der Waals surface area contributed by atoms with E-state index in [1.165, 1.54) is 0 Å². The number of hydrogen-bond acceptors (Lipinski definition) is 6. The first-order chi connectivity index (χ1) is 11.3. The largest absolute Gasteiger partial charge is 0.350 e. The Hall–Kier alpha value is -0.770. The minimum atomic E-state index is -1.85. The van der Waals surface area contributed by atoms with Gasteiger partial charge in [-0.2, -0.15) is 0 Å². The molecule has 0 aromatic carbocycles. The van der Waals surface area contributed by atoms with E-state index >= 15 is 0 Å². The topological polar surface area (TPSA) is 96.8 Å². The van der Waals surface area contributed by atoms with Gasteiger partial charge in [0.1, 0.15) is 10.6 Å². The molecule has 0 amide bonds. The number of halogens is 2. The normalized spacial score (nSPS) is 31.2. The standard InChI is InChI=1S/C15H21Br2N5O2/c1-8(2)21-11-7-10(16)12(17)15(18,22(23)24)13(11)20-14(21)9-3-5-19-6-4-9/h7-9,14,19H,3-6,18H2,1-2H3. The number of hydrogen-bond donors (Lipinski definition) is 2. The van der Waals surface area contributed by atoms with Crippen LogP contribution in [-0.4, -0.2) is 46.5 Å². The Bertz CT molecular complexity index is 654. The summed E-state index contributed by atoms with van der Waals surface area (Å²) in [5, 5.41) is 15.1. The van der Waals surface area contributed by atoms with Crippen molar-refractivity contribution in [2.75, 3.05) is 13.1 Å². The Morgan fingerprint density at radius 2 is 2.08 bits per heavy atom. The molecule has 3 N–H and O–H groups in total. The average molecular weight is 463 g/mol. The number of nitrogens with one attached hydrogen (secondary N) is 1. The lowest BCUT2D eigenvalue weighted by molar-refractivity contribution is -0.532. The van der Waals surface area contributed by atoms with E-state index in [1.807, 2.05) is 6.08 Å². The van der Waals surface area contributed by atoms with Gasteiger partial charge in [0.2, 0.25) is 0 Å². The summed E-state index contributed by atoms with van der Waals surface area (Å²) < 4.78 is 0.893. The van der Waals surface area contributed by atoms with Crippen molar-refractivity contribution < 1.29 is 4.92 Å². The van der Waals surface area contributed by atoms with E-state index in [2.05, 4.69) is 55.9 Å². The van der Waals surface area contributed by atoms with Crippen molar-refractivity contribution in [3.63, 3.8) is 0 Å². The number of allylic oxidation sites excluding steroid dienone is 2. The van der Waals surface area contributed by atoms with Gasteiger partial charge in [-0.3, -0.25) is 20.8 Å². The van der Waals surface area contributed by atoms with Gasteiger partial charge in [-0.25, -0.2) is 0 Å². The van der Waals surface area contributed by atoms with Gasteiger partial charge in [-0.05, 0) is 77.7 Å². The number of rotatable bonds is 3. The van der Waals surface area contributed by atoms with Crippen LogP contribution in [0.15, 0.2) is 25.7 Å². The molecule has 0 spiro atoms. The smallest absolute Gasteiger partial charge is 0.345 e. The summed E-state index contributed by atoms with van der Waals surface area (Å²) in [6.45, 7) is 6.06. The van der Waals surface area contributed by atoms with Crippen LogP contribution in [0.3, 0.4) is 0 Å². The molecular weight excluding hydrogens is 442 g/mol. The minimum Gasteiger partial charge on any atom is -0.345 e. The molecule has 1 fully saturated rings. The molecule has 132 valence electrons. The van der Waals surface area contributed by atoms with Gasteiger partial charge < -0.3 is 10.2 Å². The predicted octanol–water partition coefficient (Wildman–Crippen LogP) is 2.31. The molecule has 0 aromatic heterocycles. The van der Waals surface area contributed by atoms with E-state index in [1.54, 1.807) is 0 Å². The van der Waals surface area contributed by atoms with Crippen molar-refractivity contribution >= 4 is 37.6 Å². The maximum atomic E-state index is 11.8. The number of fused-ring (bicyclic) bond motifs is 1. The molecule has 3 aliphatic rings. The first-order valence-electron chi connectivity index (χ1n) is 8.07. The van der Waals surface area contributed by atoms with Crippen molar-refractivity contribution in [3.8, 4) is 0 Å². The van der Waals surface area contributed by atoms with E-state index in [0.29, 0.717) is 20.6 Å². The summed E-state index contributed by atoms with van der Waals surface area (Å²) >= 11 is 6.71. The van der Waals surface area contributed by atoms with E-state index in [4.69, 9.17) is 10.7 Å². The molecule has 0 bridgehead atoms. The third-order valence-corrected chi connectivity index (χ3v) is 7.07. The fourth-order valence-electron chi connectivity index (χ4n) is 3.66. The highest BCUT2D eigenvalue weighted by molar-refractivity contribution is 9.14. The van der Waals surface area contributed by atoms with E-state index in [-0.39, 0.29) is 12.2 Å². The maximum Gasteiger partial charge on any atom is 0.350 e. The second-order valence-corrected chi connectivity index (χ2v) is 8.34. The van der Waals surface area contributed by atoms with E-state index in [9.17, 15) is 10.1 Å². The minimum absolute atomic E-state index is 0.102. The summed E-state index contributed by atoms with van der Waals surface area (Å²) in [7, 11) is 0. The van der Waals surface area contributed by atoms with Crippen LogP contribution in [0.5, 0.6) is 0 Å². The van der Waals surface area contributed by atoms with Crippen molar-refractivity contribution in [1.29, 1.82) is 0 Å². The quantitative estimate of drug-likeness (QED) is 0.381. The van der Waals surface area contributed by atoms with Gasteiger partial charge in [0.25, 0.3) is 0 Å². The zero-order chi connectivity index (χ0) is 17.6. The lowest BCUT2D eigenvalue weighted by Crippen LogP contribution is -2.57. The van der Waals surface area contributed by atoms with E-state index < -0.39 is 10.6 Å². The summed E-state index contributed by atoms with van der Waals surface area (Å²) in [6.07, 6.45) is 3.79. The second-order valence-electron chi connectivity index (χ2n) is 6.69. The highest BCUT2D eigenvalue weighted by Crippen LogP contribution is 2.43. The fourth-order valence-corrected chi connectivity index (χ4v) is 4.62. The molecule has 1 aliphatic carbocycles. The van der Waals surface area contributed by atoms with Gasteiger partial charge in [0, 0.05) is 16.4 Å². The number of piperidine rings is 1. The Balaban J connectivity index is 2.10. The Kier molecular flexibility index (Phi) is 4.89. The van der Waals surface area contributed by atoms with Crippen LogP contribution in [-0.2, 0) is 0 Å². The third kappa shape index (κ3) is 2.65. The molecule has 3 rings (SSSR count). The van der Waals surface area contributed by atoms with Gasteiger partial charge in [0.15, 0.2) is 5.71 Å². The van der Waals surface area contributed by atoms with E-state index in [0.717, 1.165) is 31.6 Å². The van der Waals surface area contributed by atoms with Crippen LogP contribution in [0.25, 0.3) is 0 Å². The number of nitro groups is 1. The molecule has 2 heterocycles. The molecule has 2 aliphatic heterocycles. The van der Waals surface area contributed by atoms with Crippen molar-refractivity contribution in [2.45, 2.75) is 44.6 Å². The van der Waals surface area contributed by atoms with Gasteiger partial charge in [-0.15, -0.1) is 0 Å².